The second-order valence-corrected chi connectivity index (χ2v) is 9.97. The van der Waals surface area contributed by atoms with Gasteiger partial charge in [-0.25, -0.2) is 9.48 Å². The van der Waals surface area contributed by atoms with Gasteiger partial charge in [-0.15, -0.1) is 0 Å². The Bertz CT molecular complexity index is 1220. The number of hydrogen-bond acceptors (Lipinski definition) is 4. The van der Waals surface area contributed by atoms with Crippen LogP contribution in [0, 0.1) is 0 Å². The predicted octanol–water partition coefficient (Wildman–Crippen LogP) is 3.66. The minimum atomic E-state index is -0.703. The van der Waals surface area contributed by atoms with Gasteiger partial charge >= 0.3 is 6.03 Å². The van der Waals surface area contributed by atoms with Crippen LogP contribution in [0.25, 0.3) is 5.69 Å². The normalized spacial score (nSPS) is 20.3. The van der Waals surface area contributed by atoms with Gasteiger partial charge in [-0.3, -0.25) is 14.6 Å². The van der Waals surface area contributed by atoms with Crippen molar-refractivity contribution in [1.29, 1.82) is 0 Å². The van der Waals surface area contributed by atoms with E-state index in [9.17, 15) is 9.59 Å². The van der Waals surface area contributed by atoms with Crippen LogP contribution in [0.4, 0.5) is 4.79 Å². The van der Waals surface area contributed by atoms with Crippen LogP contribution in [0.3, 0.4) is 0 Å². The highest BCUT2D eigenvalue weighted by atomic mass is 16.2. The number of likely N-dealkylation sites (tertiary alicyclic amines) is 1. The Hall–Kier alpha value is -3.45. The molecule has 2 aliphatic heterocycles. The van der Waals surface area contributed by atoms with Crippen molar-refractivity contribution >= 4 is 11.9 Å². The first-order valence-electron chi connectivity index (χ1n) is 12.6. The Morgan fingerprint density at radius 3 is 2.26 bits per heavy atom. The van der Waals surface area contributed by atoms with Crippen molar-refractivity contribution in [2.75, 3.05) is 19.6 Å². The van der Waals surface area contributed by atoms with Crippen LogP contribution in [0.2, 0.25) is 0 Å². The zero-order valence-electron chi connectivity index (χ0n) is 20.1. The van der Waals surface area contributed by atoms with Crippen molar-refractivity contribution in [2.45, 2.75) is 50.7 Å². The summed E-state index contributed by atoms with van der Waals surface area (Å²) >= 11 is 0. The summed E-state index contributed by atoms with van der Waals surface area (Å²) in [6, 6.07) is 18.2. The highest BCUT2D eigenvalue weighted by Gasteiger charge is 2.59. The van der Waals surface area contributed by atoms with Gasteiger partial charge in [0.25, 0.3) is 5.91 Å². The zero-order valence-corrected chi connectivity index (χ0v) is 20.1. The topological polar surface area (TPSA) is 61.7 Å². The number of likely N-dealkylation sites (N-methyl/N-ethyl adjacent to an activating group) is 1. The first-order valence-corrected chi connectivity index (χ1v) is 12.6. The molecule has 2 fully saturated rings. The third-order valence-corrected chi connectivity index (χ3v) is 8.03. The van der Waals surface area contributed by atoms with E-state index < -0.39 is 5.54 Å². The van der Waals surface area contributed by atoms with Gasteiger partial charge in [0.1, 0.15) is 5.54 Å². The van der Waals surface area contributed by atoms with E-state index in [1.54, 1.807) is 4.90 Å². The Labute approximate surface area is 205 Å². The van der Waals surface area contributed by atoms with Crippen LogP contribution < -0.4 is 0 Å². The average Bonchev–Trinajstić information content (AvgIpc) is 3.57. The first-order chi connectivity index (χ1) is 17.1. The first kappa shape index (κ1) is 22.0. The number of hydrogen-bond donors (Lipinski definition) is 0. The van der Waals surface area contributed by atoms with Crippen molar-refractivity contribution in [3.63, 3.8) is 0 Å². The molecular formula is C28H31N5O2. The lowest BCUT2D eigenvalue weighted by Gasteiger charge is -2.41. The fraction of sp³-hybridized carbons (Fsp3) is 0.393. The number of urea groups is 1. The van der Waals surface area contributed by atoms with Gasteiger partial charge < -0.3 is 4.90 Å². The molecule has 0 saturated carbocycles. The number of para-hydroxylation sites is 1. The van der Waals surface area contributed by atoms with Crippen LogP contribution in [-0.2, 0) is 24.2 Å². The molecule has 2 saturated heterocycles. The van der Waals surface area contributed by atoms with Crippen molar-refractivity contribution in [3.05, 3.63) is 83.7 Å². The van der Waals surface area contributed by atoms with Crippen LogP contribution in [0.15, 0.2) is 67.0 Å². The molecule has 0 N–H and O–H groups in total. The summed E-state index contributed by atoms with van der Waals surface area (Å²) in [6.07, 6.45) is 6.86. The third-order valence-electron chi connectivity index (χ3n) is 8.03. The molecule has 6 rings (SSSR count). The quantitative estimate of drug-likeness (QED) is 0.535. The number of aromatic nitrogens is 2. The minimum absolute atomic E-state index is 0.0127. The van der Waals surface area contributed by atoms with E-state index in [4.69, 9.17) is 0 Å². The van der Waals surface area contributed by atoms with Gasteiger partial charge in [-0.05, 0) is 55.9 Å². The van der Waals surface area contributed by atoms with E-state index in [1.807, 2.05) is 65.2 Å². The lowest BCUT2D eigenvalue weighted by molar-refractivity contribution is -0.137. The van der Waals surface area contributed by atoms with Gasteiger partial charge in [0.2, 0.25) is 0 Å². The third kappa shape index (κ3) is 3.65. The summed E-state index contributed by atoms with van der Waals surface area (Å²) in [5.41, 5.74) is 4.00. The standard InChI is InChI=1S/C28H31N5O2/c1-2-31-27(35)33(25-16-22-8-6-7-9-23(22)17-25)26(34)28(31)12-14-30(15-13-28)19-21-18-29-32(20-21)24-10-4-3-5-11-24/h3-11,18,20,25H,2,12-17,19H2,1H3. The van der Waals surface area contributed by atoms with E-state index in [0.29, 0.717) is 19.4 Å². The Kier molecular flexibility index (Phi) is 5.44. The molecule has 0 radical (unpaired) electrons. The second kappa shape index (κ2) is 8.64. The maximum Gasteiger partial charge on any atom is 0.327 e. The lowest BCUT2D eigenvalue weighted by Crippen LogP contribution is -2.56. The Balaban J connectivity index is 1.15. The Morgan fingerprint density at radius 2 is 1.60 bits per heavy atom. The number of nitrogens with zero attached hydrogens (tertiary/aromatic N) is 5. The monoisotopic (exact) mass is 469 g/mol. The summed E-state index contributed by atoms with van der Waals surface area (Å²) in [5, 5.41) is 4.52. The van der Waals surface area contributed by atoms with Crippen LogP contribution in [0.1, 0.15) is 36.5 Å². The molecule has 7 heteroatoms. The molecule has 0 bridgehead atoms. The molecule has 1 spiro atoms. The number of imide groups is 1. The van der Waals surface area contributed by atoms with E-state index in [0.717, 1.165) is 43.7 Å². The van der Waals surface area contributed by atoms with Crippen LogP contribution in [0.5, 0.6) is 0 Å². The molecular weight excluding hydrogens is 438 g/mol. The van der Waals surface area contributed by atoms with Gasteiger partial charge in [0, 0.05) is 44.0 Å². The number of carbonyl (C=O) groups is 2. The van der Waals surface area contributed by atoms with E-state index in [2.05, 4.69) is 28.3 Å². The van der Waals surface area contributed by atoms with Crippen molar-refractivity contribution < 1.29 is 9.59 Å². The average molecular weight is 470 g/mol. The molecule has 35 heavy (non-hydrogen) atoms. The number of benzene rings is 2. The molecule has 180 valence electrons. The molecule has 2 aromatic carbocycles. The second-order valence-electron chi connectivity index (χ2n) is 9.97. The summed E-state index contributed by atoms with van der Waals surface area (Å²) in [6.45, 7) is 4.91. The molecule has 3 aromatic rings. The fourth-order valence-corrected chi connectivity index (χ4v) is 6.20. The Morgan fingerprint density at radius 1 is 0.943 bits per heavy atom. The summed E-state index contributed by atoms with van der Waals surface area (Å²) < 4.78 is 1.90. The van der Waals surface area contributed by atoms with Gasteiger partial charge in [0.05, 0.1) is 11.9 Å². The summed E-state index contributed by atoms with van der Waals surface area (Å²) in [5.74, 6) is 0.0127. The van der Waals surface area contributed by atoms with Gasteiger partial charge in [-0.1, -0.05) is 42.5 Å². The molecule has 3 amide bonds. The highest BCUT2D eigenvalue weighted by molar-refractivity contribution is 6.07. The molecule has 3 aliphatic rings. The summed E-state index contributed by atoms with van der Waals surface area (Å²) in [7, 11) is 0. The molecule has 1 aliphatic carbocycles. The van der Waals surface area contributed by atoms with E-state index in [-0.39, 0.29) is 18.0 Å². The van der Waals surface area contributed by atoms with Crippen molar-refractivity contribution in [3.8, 4) is 5.69 Å². The smallest absolute Gasteiger partial charge is 0.310 e. The molecule has 0 unspecified atom stereocenters. The summed E-state index contributed by atoms with van der Waals surface area (Å²) in [4.78, 5) is 33.2. The lowest BCUT2D eigenvalue weighted by atomic mass is 9.85. The highest BCUT2D eigenvalue weighted by Crippen LogP contribution is 2.40. The number of carbonyl (C=O) groups excluding carboxylic acids is 2. The van der Waals surface area contributed by atoms with Crippen LogP contribution in [-0.4, -0.2) is 67.6 Å². The van der Waals surface area contributed by atoms with Gasteiger partial charge in [-0.2, -0.15) is 5.10 Å². The van der Waals surface area contributed by atoms with Crippen molar-refractivity contribution in [1.82, 2.24) is 24.5 Å². The van der Waals surface area contributed by atoms with Crippen molar-refractivity contribution in [2.24, 2.45) is 0 Å². The van der Waals surface area contributed by atoms with Crippen LogP contribution >= 0.6 is 0 Å². The van der Waals surface area contributed by atoms with E-state index in [1.165, 1.54) is 11.1 Å². The SMILES string of the molecule is CCN1C(=O)N(C2Cc3ccccc3C2)C(=O)C12CCN(Cc1cnn(-c3ccccc3)c1)CC2. The zero-order chi connectivity index (χ0) is 24.0. The largest absolute Gasteiger partial charge is 0.327 e. The minimum Gasteiger partial charge on any atom is -0.310 e. The number of rotatable bonds is 5. The maximum absolute atomic E-state index is 13.9. The maximum atomic E-state index is 13.9. The molecule has 1 aromatic heterocycles. The van der Waals surface area contributed by atoms with E-state index >= 15 is 0 Å². The number of piperidine rings is 1. The molecule has 0 atom stereocenters. The molecule has 3 heterocycles. The molecule has 7 nitrogen and oxygen atoms in total. The number of amides is 3. The fourth-order valence-electron chi connectivity index (χ4n) is 6.20. The van der Waals surface area contributed by atoms with Gasteiger partial charge in [0.15, 0.2) is 0 Å². The predicted molar refractivity (Wildman–Crippen MR) is 133 cm³/mol. The number of fused-ring (bicyclic) bond motifs is 1.